The normalized spacial score (nSPS) is 19.1. The van der Waals surface area contributed by atoms with Gasteiger partial charge in [0.1, 0.15) is 6.04 Å². The summed E-state index contributed by atoms with van der Waals surface area (Å²) in [4.78, 5) is 13.8. The van der Waals surface area contributed by atoms with Crippen molar-refractivity contribution in [3.05, 3.63) is 35.9 Å². The van der Waals surface area contributed by atoms with Crippen LogP contribution in [0.15, 0.2) is 30.3 Å². The molecular weight excluding hydrogens is 240 g/mol. The van der Waals surface area contributed by atoms with E-state index in [4.69, 9.17) is 10.5 Å². The highest BCUT2D eigenvalue weighted by molar-refractivity contribution is 5.75. The van der Waals surface area contributed by atoms with Crippen LogP contribution in [0.4, 0.5) is 0 Å². The Labute approximate surface area is 114 Å². The molecule has 1 heterocycles. The summed E-state index contributed by atoms with van der Waals surface area (Å²) >= 11 is 0. The van der Waals surface area contributed by atoms with Gasteiger partial charge >= 0.3 is 5.97 Å². The number of likely N-dealkylation sites (tertiary alicyclic amines) is 1. The van der Waals surface area contributed by atoms with Crippen LogP contribution in [-0.2, 0) is 16.1 Å². The second-order valence-corrected chi connectivity index (χ2v) is 5.15. The molecule has 0 aromatic heterocycles. The van der Waals surface area contributed by atoms with Crippen molar-refractivity contribution >= 4 is 5.97 Å². The molecule has 0 saturated carbocycles. The number of carbonyl (C=O) groups is 1. The van der Waals surface area contributed by atoms with E-state index in [0.29, 0.717) is 0 Å². The Morgan fingerprint density at radius 1 is 1.37 bits per heavy atom. The molecule has 1 aliphatic rings. The molecule has 19 heavy (non-hydrogen) atoms. The third-order valence-corrected chi connectivity index (χ3v) is 3.86. The Balaban J connectivity index is 1.81. The maximum absolute atomic E-state index is 11.4. The van der Waals surface area contributed by atoms with Crippen molar-refractivity contribution in [3.63, 3.8) is 0 Å². The second-order valence-electron chi connectivity index (χ2n) is 5.15. The minimum atomic E-state index is -0.469. The molecule has 1 aromatic carbocycles. The fraction of sp³-hybridized carbons (Fsp3) is 0.533. The van der Waals surface area contributed by atoms with E-state index in [9.17, 15) is 4.79 Å². The Bertz CT molecular complexity index is 400. The van der Waals surface area contributed by atoms with Gasteiger partial charge in [-0.05, 0) is 37.4 Å². The van der Waals surface area contributed by atoms with Crippen molar-refractivity contribution in [2.45, 2.75) is 25.4 Å². The molecular formula is C15H22N2O2. The van der Waals surface area contributed by atoms with Crippen LogP contribution < -0.4 is 5.73 Å². The number of nitrogens with zero attached hydrogens (tertiary/aromatic N) is 1. The molecule has 4 nitrogen and oxygen atoms in total. The lowest BCUT2D eigenvalue weighted by atomic mass is 9.90. The lowest BCUT2D eigenvalue weighted by Gasteiger charge is -2.33. The highest BCUT2D eigenvalue weighted by Gasteiger charge is 2.29. The maximum atomic E-state index is 11.4. The zero-order chi connectivity index (χ0) is 13.7. The summed E-state index contributed by atoms with van der Waals surface area (Å²) in [6.07, 6.45) is 1.92. The van der Waals surface area contributed by atoms with Crippen molar-refractivity contribution in [1.29, 1.82) is 0 Å². The van der Waals surface area contributed by atoms with Gasteiger partial charge in [-0.25, -0.2) is 0 Å². The number of hydrogen-bond donors (Lipinski definition) is 1. The SMILES string of the molecule is COC(=O)C(N)C1CCN(Cc2ccccc2)CC1. The van der Waals surface area contributed by atoms with Gasteiger partial charge in [0.2, 0.25) is 0 Å². The average Bonchev–Trinajstić information content (AvgIpc) is 2.47. The van der Waals surface area contributed by atoms with Crippen LogP contribution in [-0.4, -0.2) is 37.1 Å². The van der Waals surface area contributed by atoms with E-state index in [1.807, 2.05) is 6.07 Å². The highest BCUT2D eigenvalue weighted by Crippen LogP contribution is 2.21. The lowest BCUT2D eigenvalue weighted by Crippen LogP contribution is -2.45. The summed E-state index contributed by atoms with van der Waals surface area (Å²) in [5.74, 6) is -0.0408. The molecule has 0 amide bonds. The van der Waals surface area contributed by atoms with Crippen LogP contribution >= 0.6 is 0 Å². The first-order valence-electron chi connectivity index (χ1n) is 6.80. The molecule has 1 unspecified atom stereocenters. The maximum Gasteiger partial charge on any atom is 0.322 e. The van der Waals surface area contributed by atoms with Crippen LogP contribution in [0.2, 0.25) is 0 Å². The first kappa shape index (κ1) is 14.0. The Morgan fingerprint density at radius 2 is 2.00 bits per heavy atom. The first-order valence-corrected chi connectivity index (χ1v) is 6.80. The number of carbonyl (C=O) groups excluding carboxylic acids is 1. The van der Waals surface area contributed by atoms with Crippen LogP contribution in [0.25, 0.3) is 0 Å². The largest absolute Gasteiger partial charge is 0.468 e. The van der Waals surface area contributed by atoms with Crippen molar-refractivity contribution in [3.8, 4) is 0 Å². The molecule has 1 atom stereocenters. The molecule has 2 rings (SSSR count). The van der Waals surface area contributed by atoms with E-state index < -0.39 is 6.04 Å². The molecule has 1 saturated heterocycles. The van der Waals surface area contributed by atoms with Crippen molar-refractivity contribution in [2.24, 2.45) is 11.7 Å². The van der Waals surface area contributed by atoms with Gasteiger partial charge in [0.05, 0.1) is 7.11 Å². The molecule has 0 bridgehead atoms. The molecule has 0 radical (unpaired) electrons. The molecule has 2 N–H and O–H groups in total. The summed E-state index contributed by atoms with van der Waals surface area (Å²) < 4.78 is 4.71. The Morgan fingerprint density at radius 3 is 2.58 bits per heavy atom. The van der Waals surface area contributed by atoms with E-state index in [0.717, 1.165) is 32.5 Å². The molecule has 0 spiro atoms. The van der Waals surface area contributed by atoms with Crippen molar-refractivity contribution < 1.29 is 9.53 Å². The van der Waals surface area contributed by atoms with Crippen molar-refractivity contribution in [2.75, 3.05) is 20.2 Å². The Hall–Kier alpha value is -1.39. The van der Waals surface area contributed by atoms with Crippen LogP contribution in [0, 0.1) is 5.92 Å². The fourth-order valence-electron chi connectivity index (χ4n) is 2.64. The van der Waals surface area contributed by atoms with E-state index in [1.54, 1.807) is 0 Å². The number of hydrogen-bond acceptors (Lipinski definition) is 4. The fourth-order valence-corrected chi connectivity index (χ4v) is 2.64. The van der Waals surface area contributed by atoms with Gasteiger partial charge in [-0.1, -0.05) is 30.3 Å². The number of benzene rings is 1. The Kier molecular flexibility index (Phi) is 4.93. The minimum absolute atomic E-state index is 0.250. The minimum Gasteiger partial charge on any atom is -0.468 e. The number of rotatable bonds is 4. The number of methoxy groups -OCH3 is 1. The second kappa shape index (κ2) is 6.68. The van der Waals surface area contributed by atoms with Gasteiger partial charge < -0.3 is 10.5 Å². The van der Waals surface area contributed by atoms with Crippen LogP contribution in [0.5, 0.6) is 0 Å². The molecule has 104 valence electrons. The zero-order valence-electron chi connectivity index (χ0n) is 11.4. The third-order valence-electron chi connectivity index (χ3n) is 3.86. The summed E-state index contributed by atoms with van der Waals surface area (Å²) in [6.45, 7) is 2.95. The summed E-state index contributed by atoms with van der Waals surface area (Å²) in [5, 5.41) is 0. The summed E-state index contributed by atoms with van der Waals surface area (Å²) in [7, 11) is 1.40. The predicted octanol–water partition coefficient (Wildman–Crippen LogP) is 1.40. The highest BCUT2D eigenvalue weighted by atomic mass is 16.5. The van der Waals surface area contributed by atoms with E-state index in [2.05, 4.69) is 29.2 Å². The van der Waals surface area contributed by atoms with E-state index in [1.165, 1.54) is 12.7 Å². The van der Waals surface area contributed by atoms with Crippen LogP contribution in [0.1, 0.15) is 18.4 Å². The number of piperidine rings is 1. The molecule has 0 aliphatic carbocycles. The standard InChI is InChI=1S/C15H22N2O2/c1-19-15(18)14(16)13-7-9-17(10-8-13)11-12-5-3-2-4-6-12/h2-6,13-14H,7-11,16H2,1H3. The lowest BCUT2D eigenvalue weighted by molar-refractivity contribution is -0.144. The van der Waals surface area contributed by atoms with Crippen molar-refractivity contribution in [1.82, 2.24) is 4.90 Å². The molecule has 1 aromatic rings. The van der Waals surface area contributed by atoms with Crippen LogP contribution in [0.3, 0.4) is 0 Å². The summed E-state index contributed by atoms with van der Waals surface area (Å²) in [6, 6.07) is 9.98. The molecule has 4 heteroatoms. The first-order chi connectivity index (χ1) is 9.20. The van der Waals surface area contributed by atoms with E-state index >= 15 is 0 Å². The smallest absolute Gasteiger partial charge is 0.322 e. The van der Waals surface area contributed by atoms with Gasteiger partial charge in [-0.15, -0.1) is 0 Å². The molecule has 1 aliphatic heterocycles. The molecule has 1 fully saturated rings. The van der Waals surface area contributed by atoms with Gasteiger partial charge in [0.15, 0.2) is 0 Å². The predicted molar refractivity (Wildman–Crippen MR) is 74.4 cm³/mol. The van der Waals surface area contributed by atoms with Gasteiger partial charge in [0.25, 0.3) is 0 Å². The number of ether oxygens (including phenoxy) is 1. The quantitative estimate of drug-likeness (QED) is 0.833. The zero-order valence-corrected chi connectivity index (χ0v) is 11.4. The number of nitrogens with two attached hydrogens (primary N) is 1. The van der Waals surface area contributed by atoms with Gasteiger partial charge in [-0.2, -0.15) is 0 Å². The van der Waals surface area contributed by atoms with E-state index in [-0.39, 0.29) is 11.9 Å². The van der Waals surface area contributed by atoms with Gasteiger partial charge in [0, 0.05) is 6.54 Å². The third kappa shape index (κ3) is 3.78. The number of esters is 1. The average molecular weight is 262 g/mol. The topological polar surface area (TPSA) is 55.6 Å². The van der Waals surface area contributed by atoms with Gasteiger partial charge in [-0.3, -0.25) is 9.69 Å². The monoisotopic (exact) mass is 262 g/mol. The summed E-state index contributed by atoms with van der Waals surface area (Å²) in [5.41, 5.74) is 7.24.